The molecule has 0 atom stereocenters. The van der Waals surface area contributed by atoms with Crippen LogP contribution in [0.3, 0.4) is 0 Å². The van der Waals surface area contributed by atoms with Crippen LogP contribution in [0.5, 0.6) is 11.5 Å². The number of ether oxygens (including phenoxy) is 2. The van der Waals surface area contributed by atoms with Crippen LogP contribution in [0.15, 0.2) is 47.6 Å². The maximum absolute atomic E-state index is 13.1. The van der Waals surface area contributed by atoms with E-state index in [0.717, 1.165) is 9.54 Å². The van der Waals surface area contributed by atoms with Crippen molar-refractivity contribution in [2.75, 3.05) is 14.2 Å². The fourth-order valence-electron chi connectivity index (χ4n) is 2.63. The quantitative estimate of drug-likeness (QED) is 0.603. The number of aryl methyl sites for hydroxylation is 1. The number of rotatable bonds is 5. The van der Waals surface area contributed by atoms with Gasteiger partial charge in [0, 0.05) is 12.4 Å². The van der Waals surface area contributed by atoms with Crippen LogP contribution in [0.1, 0.15) is 5.56 Å². The molecule has 0 saturated heterocycles. The summed E-state index contributed by atoms with van der Waals surface area (Å²) < 4.78 is 37.8. The third kappa shape index (κ3) is 3.38. The average molecular weight is 427 g/mol. The van der Waals surface area contributed by atoms with Crippen LogP contribution in [-0.2, 0) is 10.0 Å². The predicted molar refractivity (Wildman–Crippen MR) is 105 cm³/mol. The van der Waals surface area contributed by atoms with Crippen molar-refractivity contribution < 1.29 is 17.9 Å². The van der Waals surface area contributed by atoms with Gasteiger partial charge in [-0.25, -0.2) is 17.4 Å². The molecule has 0 saturated carbocycles. The molecule has 3 rings (SSSR count). The molecule has 0 N–H and O–H groups in total. The van der Waals surface area contributed by atoms with Crippen molar-refractivity contribution in [2.24, 2.45) is 0 Å². The molecule has 1 heterocycles. The number of nitrogens with zero attached hydrogens (tertiary/aromatic N) is 2. The van der Waals surface area contributed by atoms with E-state index in [9.17, 15) is 8.42 Å². The molecule has 9 heteroatoms. The van der Waals surface area contributed by atoms with Gasteiger partial charge in [-0.2, -0.15) is 0 Å². The monoisotopic (exact) mass is 426 g/mol. The molecule has 0 radical (unpaired) electrons. The lowest BCUT2D eigenvalue weighted by Gasteiger charge is -2.16. The normalized spacial score (nSPS) is 11.4. The first kappa shape index (κ1) is 19.5. The van der Waals surface area contributed by atoms with Gasteiger partial charge in [-0.15, -0.1) is 0 Å². The van der Waals surface area contributed by atoms with Gasteiger partial charge in [-0.3, -0.25) is 0 Å². The molecule has 0 fully saturated rings. The number of halogens is 2. The molecule has 142 valence electrons. The molecular formula is C18H16Cl2N2O4S. The minimum Gasteiger partial charge on any atom is -0.494 e. The van der Waals surface area contributed by atoms with Crippen molar-refractivity contribution in [1.82, 2.24) is 8.96 Å². The fourth-order valence-corrected chi connectivity index (χ4v) is 4.62. The van der Waals surface area contributed by atoms with Gasteiger partial charge < -0.3 is 9.47 Å². The molecule has 1 aromatic heterocycles. The molecule has 0 aliphatic rings. The second-order valence-corrected chi connectivity index (χ2v) is 8.25. The third-order valence-electron chi connectivity index (χ3n) is 3.97. The van der Waals surface area contributed by atoms with Crippen LogP contribution < -0.4 is 9.47 Å². The summed E-state index contributed by atoms with van der Waals surface area (Å²) >= 11 is 12.5. The van der Waals surface area contributed by atoms with Gasteiger partial charge in [0.05, 0.1) is 29.7 Å². The molecule has 0 spiro atoms. The Morgan fingerprint density at radius 3 is 2.26 bits per heavy atom. The minimum atomic E-state index is -3.88. The van der Waals surface area contributed by atoms with Gasteiger partial charge in [0.2, 0.25) is 0 Å². The van der Waals surface area contributed by atoms with E-state index >= 15 is 0 Å². The van der Waals surface area contributed by atoms with Gasteiger partial charge in [-0.1, -0.05) is 40.9 Å². The molecule has 0 aliphatic heterocycles. The highest BCUT2D eigenvalue weighted by molar-refractivity contribution is 7.90. The average Bonchev–Trinajstić information content (AvgIpc) is 3.12. The first-order valence-corrected chi connectivity index (χ1v) is 9.96. The van der Waals surface area contributed by atoms with Gasteiger partial charge in [-0.05, 0) is 25.1 Å². The number of aromatic nitrogens is 2. The number of hydrogen-bond acceptors (Lipinski definition) is 5. The third-order valence-corrected chi connectivity index (χ3v) is 6.27. The highest BCUT2D eigenvalue weighted by Gasteiger charge is 2.26. The Hall–Kier alpha value is -2.22. The Morgan fingerprint density at radius 2 is 1.67 bits per heavy atom. The fraction of sp³-hybridized carbons (Fsp3) is 0.167. The lowest BCUT2D eigenvalue weighted by Crippen LogP contribution is -2.14. The van der Waals surface area contributed by atoms with Crippen molar-refractivity contribution in [3.8, 4) is 22.9 Å². The first-order chi connectivity index (χ1) is 12.8. The summed E-state index contributed by atoms with van der Waals surface area (Å²) in [5.41, 5.74) is 1.28. The Labute approximate surface area is 167 Å². The van der Waals surface area contributed by atoms with Crippen molar-refractivity contribution in [3.63, 3.8) is 0 Å². The lowest BCUT2D eigenvalue weighted by atomic mass is 10.1. The second kappa shape index (κ2) is 7.42. The maximum atomic E-state index is 13.1. The van der Waals surface area contributed by atoms with Crippen molar-refractivity contribution >= 4 is 33.2 Å². The minimum absolute atomic E-state index is 0.124. The van der Waals surface area contributed by atoms with E-state index in [2.05, 4.69) is 4.98 Å². The molecule has 6 nitrogen and oxygen atoms in total. The summed E-state index contributed by atoms with van der Waals surface area (Å²) in [6.45, 7) is 1.88. The number of benzene rings is 2. The summed E-state index contributed by atoms with van der Waals surface area (Å²) in [6.07, 6.45) is 2.74. The number of hydrogen-bond donors (Lipinski definition) is 0. The largest absolute Gasteiger partial charge is 0.494 e. The Kier molecular flexibility index (Phi) is 5.37. The zero-order chi connectivity index (χ0) is 19.8. The maximum Gasteiger partial charge on any atom is 0.269 e. The lowest BCUT2D eigenvalue weighted by molar-refractivity contribution is 0.396. The molecule has 0 bridgehead atoms. The van der Waals surface area contributed by atoms with Crippen molar-refractivity contribution in [3.05, 3.63) is 58.3 Å². The van der Waals surface area contributed by atoms with E-state index in [1.165, 1.54) is 32.7 Å². The van der Waals surface area contributed by atoms with Gasteiger partial charge in [0.15, 0.2) is 17.3 Å². The number of methoxy groups -OCH3 is 2. The summed E-state index contributed by atoms with van der Waals surface area (Å²) in [5.74, 6) is 0.571. The van der Waals surface area contributed by atoms with E-state index in [1.807, 2.05) is 6.92 Å². The van der Waals surface area contributed by atoms with Crippen LogP contribution in [0.4, 0.5) is 0 Å². The number of imidazole rings is 1. The first-order valence-electron chi connectivity index (χ1n) is 7.77. The van der Waals surface area contributed by atoms with E-state index in [4.69, 9.17) is 32.7 Å². The Morgan fingerprint density at radius 1 is 1.04 bits per heavy atom. The molecule has 2 aromatic carbocycles. The smallest absolute Gasteiger partial charge is 0.269 e. The zero-order valence-corrected chi connectivity index (χ0v) is 17.1. The topological polar surface area (TPSA) is 70.4 Å². The predicted octanol–water partition coefficient (Wildman–Crippen LogP) is 4.42. The zero-order valence-electron chi connectivity index (χ0n) is 14.7. The van der Waals surface area contributed by atoms with Crippen LogP contribution >= 0.6 is 23.2 Å². The molecule has 27 heavy (non-hydrogen) atoms. The Balaban J connectivity index is 2.23. The summed E-state index contributed by atoms with van der Waals surface area (Å²) in [4.78, 5) is 4.32. The van der Waals surface area contributed by atoms with Crippen LogP contribution in [-0.4, -0.2) is 31.6 Å². The Bertz CT molecular complexity index is 1090. The molecule has 0 aliphatic carbocycles. The van der Waals surface area contributed by atoms with Crippen LogP contribution in [0.2, 0.25) is 10.0 Å². The van der Waals surface area contributed by atoms with Gasteiger partial charge in [0.1, 0.15) is 5.02 Å². The molecule has 0 unspecified atom stereocenters. The summed E-state index contributed by atoms with van der Waals surface area (Å²) in [5, 5.41) is 0.338. The molecule has 0 amide bonds. The van der Waals surface area contributed by atoms with Crippen LogP contribution in [0, 0.1) is 6.92 Å². The van der Waals surface area contributed by atoms with Crippen molar-refractivity contribution in [1.29, 1.82) is 0 Å². The highest BCUT2D eigenvalue weighted by atomic mass is 35.5. The van der Waals surface area contributed by atoms with Crippen LogP contribution in [0.25, 0.3) is 11.4 Å². The SMILES string of the molecule is COc1c(Cl)cc(-c2nccn2S(=O)(=O)c2ccc(C)cc2)c(OC)c1Cl. The summed E-state index contributed by atoms with van der Waals surface area (Å²) in [6, 6.07) is 8.05. The van der Waals surface area contributed by atoms with E-state index in [0.29, 0.717) is 5.56 Å². The molecular weight excluding hydrogens is 411 g/mol. The molecule has 3 aromatic rings. The van der Waals surface area contributed by atoms with E-state index < -0.39 is 10.0 Å². The van der Waals surface area contributed by atoms with E-state index in [1.54, 1.807) is 24.3 Å². The standard InChI is InChI=1S/C18H16Cl2N2O4S/c1-11-4-6-12(7-5-11)27(23,24)22-9-8-21-18(22)13-10-14(19)17(26-3)15(20)16(13)25-2/h4-10H,1-3H3. The van der Waals surface area contributed by atoms with Crippen molar-refractivity contribution in [2.45, 2.75) is 11.8 Å². The summed E-state index contributed by atoms with van der Waals surface area (Å²) in [7, 11) is -1.03. The van der Waals surface area contributed by atoms with Gasteiger partial charge >= 0.3 is 0 Å². The highest BCUT2D eigenvalue weighted by Crippen LogP contribution is 2.46. The van der Waals surface area contributed by atoms with E-state index in [-0.39, 0.29) is 32.3 Å². The second-order valence-electron chi connectivity index (χ2n) is 5.65. The van der Waals surface area contributed by atoms with Gasteiger partial charge in [0.25, 0.3) is 10.0 Å².